The Bertz CT molecular complexity index is 832. The lowest BCUT2D eigenvalue weighted by molar-refractivity contribution is 0.370. The van der Waals surface area contributed by atoms with E-state index in [0.29, 0.717) is 18.9 Å². The summed E-state index contributed by atoms with van der Waals surface area (Å²) in [7, 11) is 0. The van der Waals surface area contributed by atoms with Crippen molar-refractivity contribution in [2.45, 2.75) is 25.8 Å². The Hall–Kier alpha value is -2.33. The van der Waals surface area contributed by atoms with E-state index >= 15 is 0 Å². The van der Waals surface area contributed by atoms with Crippen molar-refractivity contribution in [1.82, 2.24) is 10.1 Å². The molecule has 24 heavy (non-hydrogen) atoms. The second kappa shape index (κ2) is 6.65. The smallest absolute Gasteiger partial charge is 0.246 e. The highest BCUT2D eigenvalue weighted by Crippen LogP contribution is 2.30. The Morgan fingerprint density at radius 2 is 2.00 bits per heavy atom. The number of nitrogens with zero attached hydrogens (tertiary/aromatic N) is 3. The predicted octanol–water partition coefficient (Wildman–Crippen LogP) is 4.27. The maximum Gasteiger partial charge on any atom is 0.246 e. The number of benzene rings is 2. The molecule has 0 aliphatic carbocycles. The van der Waals surface area contributed by atoms with Crippen LogP contribution in [0.3, 0.4) is 0 Å². The molecule has 2 heterocycles. The second-order valence-corrected chi connectivity index (χ2v) is 6.50. The SMILES string of the molecule is Clc1ccc2c(c1)CCCN2Cc1nc(Cc2ccccc2)no1. The summed E-state index contributed by atoms with van der Waals surface area (Å²) >= 11 is 6.11. The van der Waals surface area contributed by atoms with Gasteiger partial charge in [0.25, 0.3) is 0 Å². The lowest BCUT2D eigenvalue weighted by Gasteiger charge is -2.30. The first-order chi connectivity index (χ1) is 11.8. The zero-order valence-corrected chi connectivity index (χ0v) is 14.0. The maximum atomic E-state index is 6.11. The first-order valence-corrected chi connectivity index (χ1v) is 8.54. The highest BCUT2D eigenvalue weighted by molar-refractivity contribution is 6.30. The van der Waals surface area contributed by atoms with Gasteiger partial charge in [-0.2, -0.15) is 4.98 Å². The third kappa shape index (κ3) is 3.29. The summed E-state index contributed by atoms with van der Waals surface area (Å²) in [6.07, 6.45) is 2.87. The van der Waals surface area contributed by atoms with Crippen LogP contribution in [-0.4, -0.2) is 16.7 Å². The van der Waals surface area contributed by atoms with Crippen molar-refractivity contribution in [3.63, 3.8) is 0 Å². The van der Waals surface area contributed by atoms with E-state index in [1.165, 1.54) is 16.8 Å². The van der Waals surface area contributed by atoms with Gasteiger partial charge in [-0.25, -0.2) is 0 Å². The molecule has 2 aromatic carbocycles. The van der Waals surface area contributed by atoms with Gasteiger partial charge in [0.2, 0.25) is 5.89 Å². The molecular formula is C19H18ClN3O. The molecule has 0 spiro atoms. The number of aryl methyl sites for hydroxylation is 1. The molecule has 0 unspecified atom stereocenters. The monoisotopic (exact) mass is 339 g/mol. The fraction of sp³-hybridized carbons (Fsp3) is 0.263. The van der Waals surface area contributed by atoms with Gasteiger partial charge in [0.05, 0.1) is 6.54 Å². The van der Waals surface area contributed by atoms with Gasteiger partial charge < -0.3 is 9.42 Å². The molecule has 0 saturated carbocycles. The molecule has 0 amide bonds. The van der Waals surface area contributed by atoms with Crippen LogP contribution in [0.2, 0.25) is 5.02 Å². The minimum Gasteiger partial charge on any atom is -0.362 e. The molecule has 1 aliphatic heterocycles. The third-order valence-corrected chi connectivity index (χ3v) is 4.53. The number of aromatic nitrogens is 2. The lowest BCUT2D eigenvalue weighted by Crippen LogP contribution is -2.28. The van der Waals surface area contributed by atoms with Gasteiger partial charge in [-0.1, -0.05) is 47.1 Å². The van der Waals surface area contributed by atoms with Gasteiger partial charge in [0, 0.05) is 23.7 Å². The summed E-state index contributed by atoms with van der Waals surface area (Å²) in [5.41, 5.74) is 3.69. The molecule has 1 aromatic heterocycles. The van der Waals surface area contributed by atoms with E-state index in [4.69, 9.17) is 16.1 Å². The van der Waals surface area contributed by atoms with Crippen molar-refractivity contribution in [2.24, 2.45) is 0 Å². The molecule has 4 nitrogen and oxygen atoms in total. The first kappa shape index (κ1) is 15.2. The number of fused-ring (bicyclic) bond motifs is 1. The number of rotatable bonds is 4. The van der Waals surface area contributed by atoms with E-state index < -0.39 is 0 Å². The molecule has 0 bridgehead atoms. The van der Waals surface area contributed by atoms with E-state index in [1.54, 1.807) is 0 Å². The maximum absolute atomic E-state index is 6.11. The minimum atomic E-state index is 0.635. The minimum absolute atomic E-state index is 0.635. The van der Waals surface area contributed by atoms with Crippen molar-refractivity contribution in [2.75, 3.05) is 11.4 Å². The van der Waals surface area contributed by atoms with E-state index in [1.807, 2.05) is 24.3 Å². The normalized spacial score (nSPS) is 13.8. The fourth-order valence-electron chi connectivity index (χ4n) is 3.18. The summed E-state index contributed by atoms with van der Waals surface area (Å²) in [6.45, 7) is 1.63. The highest BCUT2D eigenvalue weighted by Gasteiger charge is 2.19. The second-order valence-electron chi connectivity index (χ2n) is 6.06. The summed E-state index contributed by atoms with van der Waals surface area (Å²) < 4.78 is 5.45. The number of anilines is 1. The first-order valence-electron chi connectivity index (χ1n) is 8.17. The average Bonchev–Trinajstić information content (AvgIpc) is 3.03. The molecule has 3 aromatic rings. The summed E-state index contributed by atoms with van der Waals surface area (Å²) in [6, 6.07) is 16.3. The van der Waals surface area contributed by atoms with E-state index in [0.717, 1.165) is 30.2 Å². The Morgan fingerprint density at radius 1 is 1.12 bits per heavy atom. The average molecular weight is 340 g/mol. The Balaban J connectivity index is 1.49. The molecule has 0 atom stereocenters. The van der Waals surface area contributed by atoms with Gasteiger partial charge in [0.1, 0.15) is 0 Å². The lowest BCUT2D eigenvalue weighted by atomic mass is 10.0. The van der Waals surface area contributed by atoms with E-state index in [9.17, 15) is 0 Å². The molecule has 0 N–H and O–H groups in total. The summed E-state index contributed by atoms with van der Waals surface area (Å²) in [4.78, 5) is 6.83. The number of halogens is 1. The van der Waals surface area contributed by atoms with Crippen molar-refractivity contribution in [3.8, 4) is 0 Å². The molecule has 0 fully saturated rings. The zero-order valence-electron chi connectivity index (χ0n) is 13.3. The van der Waals surface area contributed by atoms with Crippen LogP contribution in [-0.2, 0) is 19.4 Å². The topological polar surface area (TPSA) is 42.2 Å². The van der Waals surface area contributed by atoms with Crippen LogP contribution in [0.1, 0.15) is 29.3 Å². The molecule has 5 heteroatoms. The highest BCUT2D eigenvalue weighted by atomic mass is 35.5. The largest absolute Gasteiger partial charge is 0.362 e. The quantitative estimate of drug-likeness (QED) is 0.712. The molecule has 0 radical (unpaired) electrons. The van der Waals surface area contributed by atoms with Crippen LogP contribution < -0.4 is 4.90 Å². The van der Waals surface area contributed by atoms with Crippen LogP contribution >= 0.6 is 11.6 Å². The molecule has 122 valence electrons. The van der Waals surface area contributed by atoms with Crippen molar-refractivity contribution in [1.29, 1.82) is 0 Å². The van der Waals surface area contributed by atoms with E-state index in [-0.39, 0.29) is 0 Å². The van der Waals surface area contributed by atoms with Crippen LogP contribution in [0.15, 0.2) is 53.1 Å². The van der Waals surface area contributed by atoms with Crippen LogP contribution in [0, 0.1) is 0 Å². The molecule has 4 rings (SSSR count). The molecule has 1 aliphatic rings. The van der Waals surface area contributed by atoms with Crippen molar-refractivity contribution < 1.29 is 4.52 Å². The van der Waals surface area contributed by atoms with Gasteiger partial charge >= 0.3 is 0 Å². The standard InChI is InChI=1S/C19H18ClN3O/c20-16-8-9-17-15(12-16)7-4-10-23(17)13-19-21-18(22-24-19)11-14-5-2-1-3-6-14/h1-3,5-6,8-9,12H,4,7,10-11,13H2. The summed E-state index contributed by atoms with van der Waals surface area (Å²) in [5.74, 6) is 1.38. The van der Waals surface area contributed by atoms with Crippen molar-refractivity contribution >= 4 is 17.3 Å². The van der Waals surface area contributed by atoms with Gasteiger partial charge in [-0.15, -0.1) is 0 Å². The van der Waals surface area contributed by atoms with Crippen molar-refractivity contribution in [3.05, 3.63) is 76.4 Å². The molecule has 0 saturated heterocycles. The van der Waals surface area contributed by atoms with E-state index in [2.05, 4.69) is 39.3 Å². The van der Waals surface area contributed by atoms with Gasteiger partial charge in [-0.05, 0) is 42.2 Å². The van der Waals surface area contributed by atoms with Crippen LogP contribution in [0.25, 0.3) is 0 Å². The zero-order chi connectivity index (χ0) is 16.4. The number of hydrogen-bond acceptors (Lipinski definition) is 4. The van der Waals surface area contributed by atoms with Gasteiger partial charge in [-0.3, -0.25) is 0 Å². The Morgan fingerprint density at radius 3 is 2.88 bits per heavy atom. The third-order valence-electron chi connectivity index (χ3n) is 4.30. The molecular weight excluding hydrogens is 322 g/mol. The van der Waals surface area contributed by atoms with Crippen LogP contribution in [0.5, 0.6) is 0 Å². The Labute approximate surface area is 146 Å². The summed E-state index contributed by atoms with van der Waals surface area (Å²) in [5, 5.41) is 4.90. The van der Waals surface area contributed by atoms with Gasteiger partial charge in [0.15, 0.2) is 5.82 Å². The number of hydrogen-bond donors (Lipinski definition) is 0. The fourth-order valence-corrected chi connectivity index (χ4v) is 3.37. The predicted molar refractivity (Wildman–Crippen MR) is 94.4 cm³/mol. The Kier molecular flexibility index (Phi) is 4.22. The van der Waals surface area contributed by atoms with Crippen LogP contribution in [0.4, 0.5) is 5.69 Å².